The van der Waals surface area contributed by atoms with Crippen molar-refractivity contribution >= 4 is 11.9 Å². The van der Waals surface area contributed by atoms with Crippen LogP contribution in [-0.2, 0) is 23.8 Å². The van der Waals surface area contributed by atoms with Crippen molar-refractivity contribution in [1.29, 1.82) is 0 Å². The van der Waals surface area contributed by atoms with Gasteiger partial charge in [0.1, 0.15) is 24.4 Å². The number of esters is 1. The smallest absolute Gasteiger partial charge is 0.306 e. The van der Waals surface area contributed by atoms with Crippen LogP contribution < -0.4 is 5.32 Å². The number of carbonyl (C=O) groups is 2. The zero-order valence-electron chi connectivity index (χ0n) is 50.4. The number of aliphatic hydroxyl groups excluding tert-OH is 5. The van der Waals surface area contributed by atoms with E-state index in [1.54, 1.807) is 6.08 Å². The van der Waals surface area contributed by atoms with E-state index in [9.17, 15) is 35.1 Å². The fourth-order valence-corrected chi connectivity index (χ4v) is 9.08. The third kappa shape index (κ3) is 42.8. The number of carbonyl (C=O) groups excluding carboxylic acids is 2. The first-order chi connectivity index (χ1) is 39.2. The first-order valence-electron chi connectivity index (χ1n) is 31.8. The van der Waals surface area contributed by atoms with Crippen molar-refractivity contribution in [3.8, 4) is 0 Å². The highest BCUT2D eigenvalue weighted by atomic mass is 16.7. The van der Waals surface area contributed by atoms with Crippen LogP contribution in [0.5, 0.6) is 0 Å². The molecule has 8 unspecified atom stereocenters. The summed E-state index contributed by atoms with van der Waals surface area (Å²) in [4.78, 5) is 26.5. The van der Waals surface area contributed by atoms with E-state index >= 15 is 0 Å². The van der Waals surface area contributed by atoms with Gasteiger partial charge in [-0.1, -0.05) is 245 Å². The Morgan fingerprint density at radius 1 is 0.500 bits per heavy atom. The first kappa shape index (κ1) is 74.1. The standard InChI is InChI=1S/C69H115NO10/c1-4-7-10-13-16-19-22-25-27-29-30-31-32-33-34-35-37-39-42-45-48-51-54-57-64(74)80-67-66(76)65(75)63(58-71)79-69(67)78-59-60(61(72)55-52-49-46-43-40-24-21-18-15-12-9-6-3)70-68(77)62(73)56-53-50-47-44-41-38-36-28-26-23-20-17-14-11-8-5-2/h7,10,16-17,19-20,25-28,30-31,33-34,38,41,47,50,52,55,60-63,65-67,69,71-73,75-76H,4-6,8-9,11-15,18,21-24,29,32,35-37,39-40,42-46,48-49,51,53-54,56-59H2,1-3H3,(H,70,77)/b10-7-,19-16-,20-17-,27-25-,28-26-,31-30-,34-33-,41-38-,50-47-,55-52+. The molecule has 80 heavy (non-hydrogen) atoms. The Balaban J connectivity index is 2.69. The number of hydrogen-bond acceptors (Lipinski definition) is 10. The van der Waals surface area contributed by atoms with Gasteiger partial charge in [-0.3, -0.25) is 9.59 Å². The van der Waals surface area contributed by atoms with Gasteiger partial charge in [-0.2, -0.15) is 0 Å². The Morgan fingerprint density at radius 2 is 0.900 bits per heavy atom. The molecule has 456 valence electrons. The van der Waals surface area contributed by atoms with E-state index < -0.39 is 67.4 Å². The molecule has 0 bridgehead atoms. The number of aliphatic hydroxyl groups is 5. The summed E-state index contributed by atoms with van der Waals surface area (Å²) in [5, 5.41) is 56.9. The van der Waals surface area contributed by atoms with Crippen LogP contribution in [0.4, 0.5) is 0 Å². The lowest BCUT2D eigenvalue weighted by atomic mass is 9.99. The van der Waals surface area contributed by atoms with Crippen LogP contribution in [0.2, 0.25) is 0 Å². The topological polar surface area (TPSA) is 175 Å². The van der Waals surface area contributed by atoms with Crippen LogP contribution in [0, 0.1) is 0 Å². The molecule has 0 saturated carbocycles. The number of unbranched alkanes of at least 4 members (excludes halogenated alkanes) is 20. The second-order valence-electron chi connectivity index (χ2n) is 21.4. The predicted molar refractivity (Wildman–Crippen MR) is 333 cm³/mol. The second kappa shape index (κ2) is 55.6. The summed E-state index contributed by atoms with van der Waals surface area (Å²) >= 11 is 0. The van der Waals surface area contributed by atoms with Crippen LogP contribution in [0.1, 0.15) is 239 Å². The van der Waals surface area contributed by atoms with Gasteiger partial charge in [0.15, 0.2) is 12.4 Å². The molecule has 1 aliphatic rings. The van der Waals surface area contributed by atoms with Crippen molar-refractivity contribution in [3.05, 3.63) is 122 Å². The molecule has 1 rings (SSSR count). The summed E-state index contributed by atoms with van der Waals surface area (Å²) < 4.78 is 17.6. The normalized spacial score (nSPS) is 19.6. The molecule has 0 aromatic heterocycles. The van der Waals surface area contributed by atoms with Gasteiger partial charge in [-0.25, -0.2) is 0 Å². The lowest BCUT2D eigenvalue weighted by Gasteiger charge is -2.41. The maximum Gasteiger partial charge on any atom is 0.306 e. The SMILES string of the molecule is CC/C=C\C/C=C\C/C=C\C/C=C\C/C=C\CCCCCCCCCC(=O)OC1C(OCC(NC(=O)C(O)CC/C=C\C/C=C\C/C=C\C/C=C\CCCCC)C(O)/C=C/CCCCCCCCCCCC)OC(CO)C(O)C1O. The highest BCUT2D eigenvalue weighted by Gasteiger charge is 2.47. The molecule has 0 radical (unpaired) electrons. The number of nitrogens with one attached hydrogen (secondary N) is 1. The van der Waals surface area contributed by atoms with Crippen molar-refractivity contribution in [3.63, 3.8) is 0 Å². The second-order valence-corrected chi connectivity index (χ2v) is 21.4. The van der Waals surface area contributed by atoms with E-state index in [4.69, 9.17) is 14.2 Å². The van der Waals surface area contributed by atoms with E-state index in [2.05, 4.69) is 123 Å². The minimum Gasteiger partial charge on any atom is -0.454 e. The molecule has 1 heterocycles. The molecule has 1 saturated heterocycles. The van der Waals surface area contributed by atoms with Crippen LogP contribution in [0.25, 0.3) is 0 Å². The molecule has 0 aromatic carbocycles. The summed E-state index contributed by atoms with van der Waals surface area (Å²) in [6.45, 7) is 5.59. The van der Waals surface area contributed by atoms with Crippen molar-refractivity contribution in [2.75, 3.05) is 13.2 Å². The number of ether oxygens (including phenoxy) is 3. The molecule has 11 nitrogen and oxygen atoms in total. The molecule has 1 aliphatic heterocycles. The van der Waals surface area contributed by atoms with Gasteiger partial charge in [-0.05, 0) is 109 Å². The lowest BCUT2D eigenvalue weighted by Crippen LogP contribution is -2.61. The van der Waals surface area contributed by atoms with Crippen LogP contribution in [-0.4, -0.2) is 99.6 Å². The van der Waals surface area contributed by atoms with Gasteiger partial charge < -0.3 is 45.1 Å². The van der Waals surface area contributed by atoms with Crippen molar-refractivity contribution in [2.45, 2.75) is 288 Å². The van der Waals surface area contributed by atoms with E-state index in [0.29, 0.717) is 12.8 Å². The molecule has 1 fully saturated rings. The first-order valence-corrected chi connectivity index (χ1v) is 31.8. The quantitative estimate of drug-likeness (QED) is 0.0195. The molecule has 0 spiro atoms. The van der Waals surface area contributed by atoms with E-state index in [1.807, 2.05) is 18.2 Å². The van der Waals surface area contributed by atoms with E-state index in [0.717, 1.165) is 128 Å². The molecule has 1 amide bonds. The molecular formula is C69H115NO10. The molecule has 8 atom stereocenters. The van der Waals surface area contributed by atoms with Gasteiger partial charge in [0.05, 0.1) is 25.4 Å². The molecule has 6 N–H and O–H groups in total. The minimum atomic E-state index is -1.64. The van der Waals surface area contributed by atoms with Crippen LogP contribution >= 0.6 is 0 Å². The highest BCUT2D eigenvalue weighted by Crippen LogP contribution is 2.26. The average Bonchev–Trinajstić information content (AvgIpc) is 3.48. The maximum atomic E-state index is 13.4. The molecular weight excluding hydrogens is 1000 g/mol. The Morgan fingerprint density at radius 3 is 1.38 bits per heavy atom. The van der Waals surface area contributed by atoms with Crippen molar-refractivity contribution in [2.24, 2.45) is 0 Å². The summed E-state index contributed by atoms with van der Waals surface area (Å²) in [6.07, 6.45) is 66.7. The Hall–Kier alpha value is -3.94. The fourth-order valence-electron chi connectivity index (χ4n) is 9.08. The van der Waals surface area contributed by atoms with Gasteiger partial charge in [-0.15, -0.1) is 0 Å². The van der Waals surface area contributed by atoms with Gasteiger partial charge >= 0.3 is 5.97 Å². The predicted octanol–water partition coefficient (Wildman–Crippen LogP) is 15.4. The zero-order chi connectivity index (χ0) is 58.2. The summed E-state index contributed by atoms with van der Waals surface area (Å²) in [7, 11) is 0. The number of allylic oxidation sites excluding steroid dienone is 19. The fraction of sp³-hybridized carbons (Fsp3) is 0.681. The largest absolute Gasteiger partial charge is 0.454 e. The van der Waals surface area contributed by atoms with Gasteiger partial charge in [0.25, 0.3) is 0 Å². The highest BCUT2D eigenvalue weighted by molar-refractivity contribution is 5.80. The molecule has 11 heteroatoms. The Bertz CT molecular complexity index is 1760. The summed E-state index contributed by atoms with van der Waals surface area (Å²) in [5.74, 6) is -1.27. The van der Waals surface area contributed by atoms with Gasteiger partial charge in [0.2, 0.25) is 5.91 Å². The van der Waals surface area contributed by atoms with E-state index in [-0.39, 0.29) is 19.4 Å². The Kier molecular flexibility index (Phi) is 51.5. The van der Waals surface area contributed by atoms with Gasteiger partial charge in [0, 0.05) is 6.42 Å². The number of amides is 1. The van der Waals surface area contributed by atoms with Crippen molar-refractivity contribution < 1.29 is 49.3 Å². The summed E-state index contributed by atoms with van der Waals surface area (Å²) in [5.41, 5.74) is 0. The Labute approximate surface area is 487 Å². The minimum absolute atomic E-state index is 0.0969. The summed E-state index contributed by atoms with van der Waals surface area (Å²) in [6, 6.07) is -1.06. The van der Waals surface area contributed by atoms with Crippen LogP contribution in [0.15, 0.2) is 122 Å². The monoisotopic (exact) mass is 1120 g/mol. The lowest BCUT2D eigenvalue weighted by molar-refractivity contribution is -0.305. The number of hydrogen-bond donors (Lipinski definition) is 6. The van der Waals surface area contributed by atoms with E-state index in [1.165, 1.54) is 64.2 Å². The molecule has 0 aliphatic carbocycles. The molecule has 0 aromatic rings. The number of rotatable bonds is 52. The third-order valence-corrected chi connectivity index (χ3v) is 14.1. The maximum absolute atomic E-state index is 13.4. The third-order valence-electron chi connectivity index (χ3n) is 14.1. The van der Waals surface area contributed by atoms with Crippen molar-refractivity contribution in [1.82, 2.24) is 5.32 Å². The average molecular weight is 1120 g/mol. The van der Waals surface area contributed by atoms with Crippen LogP contribution in [0.3, 0.4) is 0 Å². The zero-order valence-corrected chi connectivity index (χ0v) is 50.4.